The quantitative estimate of drug-likeness (QED) is 0.837. The summed E-state index contributed by atoms with van der Waals surface area (Å²) in [7, 11) is 0. The van der Waals surface area contributed by atoms with E-state index in [0.717, 1.165) is 18.5 Å². The van der Waals surface area contributed by atoms with Gasteiger partial charge in [0.2, 0.25) is 0 Å². The number of benzene rings is 1. The van der Waals surface area contributed by atoms with Crippen LogP contribution in [0.25, 0.3) is 0 Å². The van der Waals surface area contributed by atoms with Gasteiger partial charge in [0.05, 0.1) is 5.60 Å². The van der Waals surface area contributed by atoms with E-state index in [9.17, 15) is 5.11 Å². The lowest BCUT2D eigenvalue weighted by Crippen LogP contribution is -2.58. The van der Waals surface area contributed by atoms with Gasteiger partial charge in [-0.1, -0.05) is 37.3 Å². The molecule has 0 spiro atoms. The van der Waals surface area contributed by atoms with Gasteiger partial charge in [-0.3, -0.25) is 4.90 Å². The summed E-state index contributed by atoms with van der Waals surface area (Å²) in [6.07, 6.45) is 0.801. The standard InChI is InChI=1S/C17H27NO/c1-13-12-18(16(3,4)5)14(2)11-17(13,19)15-9-7-6-8-10-15/h6-10,13-14,19H,11-12H2,1-5H3/t13-,14-,17+/m1/s1. The van der Waals surface area contributed by atoms with Crippen molar-refractivity contribution in [3.63, 3.8) is 0 Å². The minimum atomic E-state index is -0.692. The Labute approximate surface area is 117 Å². The Morgan fingerprint density at radius 1 is 1.16 bits per heavy atom. The van der Waals surface area contributed by atoms with Gasteiger partial charge in [0.1, 0.15) is 0 Å². The fourth-order valence-corrected chi connectivity index (χ4v) is 3.45. The van der Waals surface area contributed by atoms with Gasteiger partial charge in [-0.05, 0) is 39.7 Å². The first-order valence-electron chi connectivity index (χ1n) is 7.30. The molecule has 1 saturated heterocycles. The van der Waals surface area contributed by atoms with Gasteiger partial charge in [-0.2, -0.15) is 0 Å². The molecule has 0 unspecified atom stereocenters. The smallest absolute Gasteiger partial charge is 0.0948 e. The monoisotopic (exact) mass is 261 g/mol. The summed E-state index contributed by atoms with van der Waals surface area (Å²) in [4.78, 5) is 2.51. The number of aliphatic hydroxyl groups is 1. The molecule has 1 fully saturated rings. The minimum absolute atomic E-state index is 0.158. The van der Waals surface area contributed by atoms with Gasteiger partial charge in [0.15, 0.2) is 0 Å². The molecule has 1 N–H and O–H groups in total. The molecule has 0 bridgehead atoms. The van der Waals surface area contributed by atoms with Crippen molar-refractivity contribution >= 4 is 0 Å². The van der Waals surface area contributed by atoms with Crippen LogP contribution < -0.4 is 0 Å². The van der Waals surface area contributed by atoms with E-state index in [0.29, 0.717) is 6.04 Å². The molecular weight excluding hydrogens is 234 g/mol. The minimum Gasteiger partial charge on any atom is -0.385 e. The molecule has 0 amide bonds. The first kappa shape index (κ1) is 14.5. The highest BCUT2D eigenvalue weighted by molar-refractivity contribution is 5.24. The van der Waals surface area contributed by atoms with Gasteiger partial charge in [0.25, 0.3) is 0 Å². The van der Waals surface area contributed by atoms with Crippen molar-refractivity contribution in [3.8, 4) is 0 Å². The molecule has 0 aliphatic carbocycles. The average molecular weight is 261 g/mol. The Bertz CT molecular complexity index is 423. The Morgan fingerprint density at radius 3 is 2.26 bits per heavy atom. The summed E-state index contributed by atoms with van der Waals surface area (Å²) in [5, 5.41) is 11.1. The zero-order valence-corrected chi connectivity index (χ0v) is 12.9. The second-order valence-electron chi connectivity index (χ2n) is 7.07. The Balaban J connectivity index is 2.28. The molecule has 1 aliphatic heterocycles. The van der Waals surface area contributed by atoms with E-state index in [1.54, 1.807) is 0 Å². The van der Waals surface area contributed by atoms with Crippen LogP contribution in [-0.4, -0.2) is 28.1 Å². The summed E-state index contributed by atoms with van der Waals surface area (Å²) >= 11 is 0. The lowest BCUT2D eigenvalue weighted by Gasteiger charge is -2.52. The van der Waals surface area contributed by atoms with E-state index in [4.69, 9.17) is 0 Å². The molecule has 3 atom stereocenters. The molecule has 106 valence electrons. The normalized spacial score (nSPS) is 33.4. The molecule has 2 rings (SSSR count). The van der Waals surface area contributed by atoms with E-state index in [1.165, 1.54) is 0 Å². The molecule has 2 heteroatoms. The third-order valence-corrected chi connectivity index (χ3v) is 4.56. The van der Waals surface area contributed by atoms with E-state index in [-0.39, 0.29) is 11.5 Å². The lowest BCUT2D eigenvalue weighted by atomic mass is 9.73. The molecule has 1 aromatic rings. The molecule has 1 aliphatic rings. The van der Waals surface area contributed by atoms with Crippen LogP contribution in [0.2, 0.25) is 0 Å². The second-order valence-corrected chi connectivity index (χ2v) is 7.07. The summed E-state index contributed by atoms with van der Waals surface area (Å²) < 4.78 is 0. The Hall–Kier alpha value is -0.860. The molecule has 0 radical (unpaired) electrons. The maximum absolute atomic E-state index is 11.1. The maximum Gasteiger partial charge on any atom is 0.0948 e. The topological polar surface area (TPSA) is 23.5 Å². The van der Waals surface area contributed by atoms with Crippen LogP contribution in [0.4, 0.5) is 0 Å². The SMILES string of the molecule is C[C@@H]1C[C@@](O)(c2ccccc2)[C@H](C)CN1C(C)(C)C. The highest BCUT2D eigenvalue weighted by atomic mass is 16.3. The largest absolute Gasteiger partial charge is 0.385 e. The summed E-state index contributed by atoms with van der Waals surface area (Å²) in [5.74, 6) is 0.241. The predicted molar refractivity (Wildman–Crippen MR) is 80.0 cm³/mol. The second kappa shape index (κ2) is 4.92. The summed E-state index contributed by atoms with van der Waals surface area (Å²) in [6.45, 7) is 12.1. The van der Waals surface area contributed by atoms with Gasteiger partial charge in [-0.15, -0.1) is 0 Å². The number of hydrogen-bond donors (Lipinski definition) is 1. The molecule has 2 nitrogen and oxygen atoms in total. The van der Waals surface area contributed by atoms with Crippen molar-refractivity contribution in [1.82, 2.24) is 4.90 Å². The van der Waals surface area contributed by atoms with Gasteiger partial charge >= 0.3 is 0 Å². The molecule has 19 heavy (non-hydrogen) atoms. The summed E-state index contributed by atoms with van der Waals surface area (Å²) in [6, 6.07) is 10.5. The van der Waals surface area contributed by atoms with Crippen LogP contribution >= 0.6 is 0 Å². The van der Waals surface area contributed by atoms with E-state index in [1.807, 2.05) is 18.2 Å². The zero-order chi connectivity index (χ0) is 14.3. The van der Waals surface area contributed by atoms with Crippen molar-refractivity contribution in [2.45, 2.75) is 58.2 Å². The van der Waals surface area contributed by atoms with Gasteiger partial charge in [-0.25, -0.2) is 0 Å². The van der Waals surface area contributed by atoms with Crippen LogP contribution in [0.15, 0.2) is 30.3 Å². The van der Waals surface area contributed by atoms with E-state index in [2.05, 4.69) is 51.7 Å². The molecule has 0 aromatic heterocycles. The molecule has 1 aromatic carbocycles. The van der Waals surface area contributed by atoms with Crippen molar-refractivity contribution in [2.24, 2.45) is 5.92 Å². The first-order chi connectivity index (χ1) is 8.75. The molecule has 1 heterocycles. The number of hydrogen-bond acceptors (Lipinski definition) is 2. The van der Waals surface area contributed by atoms with Crippen LogP contribution in [-0.2, 0) is 5.60 Å². The van der Waals surface area contributed by atoms with Crippen molar-refractivity contribution in [3.05, 3.63) is 35.9 Å². The highest BCUT2D eigenvalue weighted by Crippen LogP contribution is 2.41. The Morgan fingerprint density at radius 2 is 1.74 bits per heavy atom. The van der Waals surface area contributed by atoms with E-state index >= 15 is 0 Å². The van der Waals surface area contributed by atoms with Crippen LogP contribution in [0.1, 0.15) is 46.6 Å². The third-order valence-electron chi connectivity index (χ3n) is 4.56. The average Bonchev–Trinajstić information content (AvgIpc) is 2.33. The van der Waals surface area contributed by atoms with E-state index < -0.39 is 5.60 Å². The fraction of sp³-hybridized carbons (Fsp3) is 0.647. The number of likely N-dealkylation sites (tertiary alicyclic amines) is 1. The number of piperidine rings is 1. The van der Waals surface area contributed by atoms with Crippen molar-refractivity contribution in [2.75, 3.05) is 6.54 Å². The zero-order valence-electron chi connectivity index (χ0n) is 12.9. The fourth-order valence-electron chi connectivity index (χ4n) is 3.45. The molecule has 0 saturated carbocycles. The third kappa shape index (κ3) is 2.70. The van der Waals surface area contributed by atoms with Crippen molar-refractivity contribution in [1.29, 1.82) is 0 Å². The summed E-state index contributed by atoms with van der Waals surface area (Å²) in [5.41, 5.74) is 0.525. The molecular formula is C17H27NO. The highest BCUT2D eigenvalue weighted by Gasteiger charge is 2.45. The van der Waals surface area contributed by atoms with Crippen LogP contribution in [0.3, 0.4) is 0 Å². The number of nitrogens with zero attached hydrogens (tertiary/aromatic N) is 1. The predicted octanol–water partition coefficient (Wildman–Crippen LogP) is 3.40. The van der Waals surface area contributed by atoms with Crippen LogP contribution in [0.5, 0.6) is 0 Å². The lowest BCUT2D eigenvalue weighted by molar-refractivity contribution is -0.111. The maximum atomic E-state index is 11.1. The van der Waals surface area contributed by atoms with Crippen molar-refractivity contribution < 1.29 is 5.11 Å². The number of rotatable bonds is 1. The van der Waals surface area contributed by atoms with Gasteiger partial charge < -0.3 is 5.11 Å². The first-order valence-corrected chi connectivity index (χ1v) is 7.30. The van der Waals surface area contributed by atoms with Crippen LogP contribution in [0, 0.1) is 5.92 Å². The van der Waals surface area contributed by atoms with Gasteiger partial charge in [0, 0.05) is 24.0 Å². The Kier molecular flexibility index (Phi) is 3.76.